The molecule has 1 atom stereocenters. The predicted molar refractivity (Wildman–Crippen MR) is 79.2 cm³/mol. The number of rotatable bonds is 6. The molecule has 0 aromatic carbocycles. The largest absolute Gasteiger partial charge is 0.394 e. The summed E-state index contributed by atoms with van der Waals surface area (Å²) in [6.07, 6.45) is 1.88. The van der Waals surface area contributed by atoms with Gasteiger partial charge in [0.2, 0.25) is 0 Å². The van der Waals surface area contributed by atoms with Crippen molar-refractivity contribution in [1.82, 2.24) is 9.97 Å². The lowest BCUT2D eigenvalue weighted by Gasteiger charge is -2.35. The summed E-state index contributed by atoms with van der Waals surface area (Å²) in [4.78, 5) is 11.3. The number of anilines is 2. The summed E-state index contributed by atoms with van der Waals surface area (Å²) in [7, 11) is 0. The van der Waals surface area contributed by atoms with Crippen molar-refractivity contribution >= 4 is 11.6 Å². The highest BCUT2D eigenvalue weighted by Crippen LogP contribution is 2.21. The predicted octanol–water partition coefficient (Wildman–Crippen LogP) is 1.06. The number of nitrogens with zero attached hydrogens (tertiary/aromatic N) is 3. The highest BCUT2D eigenvalue weighted by atomic mass is 16.5. The second-order valence-electron chi connectivity index (χ2n) is 4.91. The van der Waals surface area contributed by atoms with Crippen LogP contribution in [0.25, 0.3) is 0 Å². The first kappa shape index (κ1) is 15.0. The molecule has 6 nitrogen and oxygen atoms in total. The number of hydrogen-bond acceptors (Lipinski definition) is 6. The molecule has 0 amide bonds. The van der Waals surface area contributed by atoms with Crippen molar-refractivity contribution in [2.24, 2.45) is 0 Å². The maximum absolute atomic E-state index is 9.49. The van der Waals surface area contributed by atoms with Gasteiger partial charge in [0.25, 0.3) is 0 Å². The molecule has 112 valence electrons. The van der Waals surface area contributed by atoms with Crippen LogP contribution in [0.15, 0.2) is 6.07 Å². The van der Waals surface area contributed by atoms with Crippen LogP contribution in [0.4, 0.5) is 11.6 Å². The van der Waals surface area contributed by atoms with Gasteiger partial charge in [-0.3, -0.25) is 0 Å². The van der Waals surface area contributed by atoms with Gasteiger partial charge in [0.1, 0.15) is 17.5 Å². The van der Waals surface area contributed by atoms with Gasteiger partial charge in [-0.1, -0.05) is 6.92 Å². The molecular weight excluding hydrogens is 256 g/mol. The minimum Gasteiger partial charge on any atom is -0.394 e. The number of nitrogens with one attached hydrogen (secondary N) is 1. The highest BCUT2D eigenvalue weighted by Gasteiger charge is 2.24. The molecule has 2 N–H and O–H groups in total. The van der Waals surface area contributed by atoms with Crippen LogP contribution in [0.2, 0.25) is 0 Å². The van der Waals surface area contributed by atoms with Gasteiger partial charge in [0, 0.05) is 25.6 Å². The van der Waals surface area contributed by atoms with Crippen molar-refractivity contribution < 1.29 is 9.84 Å². The van der Waals surface area contributed by atoms with E-state index in [1.807, 2.05) is 13.0 Å². The average Bonchev–Trinajstić information content (AvgIpc) is 2.47. The Labute approximate surface area is 120 Å². The lowest BCUT2D eigenvalue weighted by atomic mass is 10.2. The first-order valence-electron chi connectivity index (χ1n) is 7.35. The summed E-state index contributed by atoms with van der Waals surface area (Å²) in [5.74, 6) is 2.58. The zero-order valence-electron chi connectivity index (χ0n) is 12.3. The van der Waals surface area contributed by atoms with E-state index in [9.17, 15) is 5.11 Å². The molecule has 1 aliphatic heterocycles. The zero-order valence-corrected chi connectivity index (χ0v) is 12.3. The van der Waals surface area contributed by atoms with Crippen molar-refractivity contribution in [1.29, 1.82) is 0 Å². The zero-order chi connectivity index (χ0) is 14.4. The van der Waals surface area contributed by atoms with Crippen LogP contribution in [0.1, 0.15) is 26.1 Å². The molecule has 0 radical (unpaired) electrons. The topological polar surface area (TPSA) is 70.5 Å². The van der Waals surface area contributed by atoms with E-state index in [0.717, 1.165) is 43.4 Å². The quantitative estimate of drug-likeness (QED) is 0.812. The Kier molecular flexibility index (Phi) is 5.55. The van der Waals surface area contributed by atoms with Gasteiger partial charge in [-0.15, -0.1) is 0 Å². The molecule has 0 saturated carbocycles. The number of morpholine rings is 1. The fourth-order valence-electron chi connectivity index (χ4n) is 2.35. The fourth-order valence-corrected chi connectivity index (χ4v) is 2.35. The van der Waals surface area contributed by atoms with Crippen LogP contribution in [-0.4, -0.2) is 54.0 Å². The van der Waals surface area contributed by atoms with Gasteiger partial charge < -0.3 is 20.1 Å². The van der Waals surface area contributed by atoms with Gasteiger partial charge in [-0.2, -0.15) is 0 Å². The smallest absolute Gasteiger partial charge is 0.134 e. The first-order chi connectivity index (χ1) is 9.78. The molecule has 1 saturated heterocycles. The first-order valence-corrected chi connectivity index (χ1v) is 7.35. The maximum Gasteiger partial charge on any atom is 0.134 e. The van der Waals surface area contributed by atoms with E-state index >= 15 is 0 Å². The molecule has 1 aliphatic rings. The second-order valence-corrected chi connectivity index (χ2v) is 4.91. The van der Waals surface area contributed by atoms with Crippen LogP contribution in [0.5, 0.6) is 0 Å². The van der Waals surface area contributed by atoms with Crippen molar-refractivity contribution in [3.8, 4) is 0 Å². The van der Waals surface area contributed by atoms with Crippen molar-refractivity contribution in [3.05, 3.63) is 11.9 Å². The molecule has 1 aromatic heterocycles. The standard InChI is InChI=1S/C14H24N4O2/c1-3-5-12-16-13(15-4-2)8-14(17-12)18-6-7-20-10-11(18)9-19/h8,11,19H,3-7,9-10H2,1-2H3,(H,15,16,17). The Balaban J connectivity index is 2.27. The van der Waals surface area contributed by atoms with Gasteiger partial charge in [0.05, 0.1) is 25.9 Å². The van der Waals surface area contributed by atoms with E-state index in [-0.39, 0.29) is 12.6 Å². The molecule has 0 bridgehead atoms. The average molecular weight is 280 g/mol. The third kappa shape index (κ3) is 3.58. The highest BCUT2D eigenvalue weighted by molar-refractivity contribution is 5.50. The summed E-state index contributed by atoms with van der Waals surface area (Å²) in [6, 6.07) is 1.93. The van der Waals surface area contributed by atoms with Crippen molar-refractivity contribution in [2.75, 3.05) is 43.1 Å². The van der Waals surface area contributed by atoms with Gasteiger partial charge in [-0.05, 0) is 13.3 Å². The molecule has 2 heterocycles. The number of aliphatic hydroxyl groups excluding tert-OH is 1. The Hall–Kier alpha value is -1.40. The third-order valence-corrected chi connectivity index (χ3v) is 3.32. The minimum absolute atomic E-state index is 0.0254. The van der Waals surface area contributed by atoms with E-state index in [1.54, 1.807) is 0 Å². The maximum atomic E-state index is 9.49. The van der Waals surface area contributed by atoms with Gasteiger partial charge in [-0.25, -0.2) is 9.97 Å². The van der Waals surface area contributed by atoms with Crippen LogP contribution < -0.4 is 10.2 Å². The monoisotopic (exact) mass is 280 g/mol. The third-order valence-electron chi connectivity index (χ3n) is 3.32. The summed E-state index contributed by atoms with van der Waals surface area (Å²) < 4.78 is 5.42. The molecule has 1 aromatic rings. The Morgan fingerprint density at radius 1 is 1.45 bits per heavy atom. The fraction of sp³-hybridized carbons (Fsp3) is 0.714. The lowest BCUT2D eigenvalue weighted by Crippen LogP contribution is -2.48. The van der Waals surface area contributed by atoms with Crippen LogP contribution in [-0.2, 0) is 11.2 Å². The Morgan fingerprint density at radius 2 is 2.30 bits per heavy atom. The summed E-state index contributed by atoms with van der Waals surface area (Å²) in [6.45, 7) is 7.03. The summed E-state index contributed by atoms with van der Waals surface area (Å²) in [5.41, 5.74) is 0. The molecular formula is C14H24N4O2. The number of hydrogen-bond donors (Lipinski definition) is 2. The van der Waals surface area contributed by atoms with E-state index in [1.165, 1.54) is 0 Å². The molecule has 0 spiro atoms. The number of aromatic nitrogens is 2. The number of aliphatic hydroxyl groups is 1. The second kappa shape index (κ2) is 7.40. The van der Waals surface area contributed by atoms with Crippen LogP contribution >= 0.6 is 0 Å². The van der Waals surface area contributed by atoms with E-state index in [4.69, 9.17) is 4.74 Å². The molecule has 2 rings (SSSR count). The van der Waals surface area contributed by atoms with Gasteiger partial charge >= 0.3 is 0 Å². The summed E-state index contributed by atoms with van der Waals surface area (Å²) >= 11 is 0. The molecule has 20 heavy (non-hydrogen) atoms. The number of aryl methyl sites for hydroxylation is 1. The lowest BCUT2D eigenvalue weighted by molar-refractivity contribution is 0.0722. The van der Waals surface area contributed by atoms with Crippen LogP contribution in [0, 0.1) is 0 Å². The van der Waals surface area contributed by atoms with E-state index in [2.05, 4.69) is 27.1 Å². The van der Waals surface area contributed by atoms with Gasteiger partial charge in [0.15, 0.2) is 0 Å². The van der Waals surface area contributed by atoms with Crippen molar-refractivity contribution in [2.45, 2.75) is 32.7 Å². The molecule has 1 fully saturated rings. The Bertz CT molecular complexity index is 403. The van der Waals surface area contributed by atoms with Crippen LogP contribution in [0.3, 0.4) is 0 Å². The van der Waals surface area contributed by atoms with E-state index < -0.39 is 0 Å². The molecule has 0 aliphatic carbocycles. The Morgan fingerprint density at radius 3 is 3.00 bits per heavy atom. The molecule has 6 heteroatoms. The van der Waals surface area contributed by atoms with Crippen molar-refractivity contribution in [3.63, 3.8) is 0 Å². The molecule has 1 unspecified atom stereocenters. The van der Waals surface area contributed by atoms with E-state index in [0.29, 0.717) is 13.2 Å². The number of ether oxygens (including phenoxy) is 1. The SMILES string of the molecule is CCCc1nc(NCC)cc(N2CCOCC2CO)n1. The normalized spacial score (nSPS) is 19.1. The summed E-state index contributed by atoms with van der Waals surface area (Å²) in [5, 5.41) is 12.7. The minimum atomic E-state index is -0.0254.